The summed E-state index contributed by atoms with van der Waals surface area (Å²) >= 11 is 0. The predicted octanol–water partition coefficient (Wildman–Crippen LogP) is 1.28. The number of hydrogen-bond donors (Lipinski definition) is 1. The standard InChI is InChI=1S/C19H21N3O9S2/c1-30-17-4-3-14(11-18(17)33(28,29)21-5-7-31-8-6-21)20-19(23)13-9-15(22(24)25)12-16(10-13)32(2,26)27/h3-4,9-12H,5-8H2,1-2H3,(H,20,23). The highest BCUT2D eigenvalue weighted by atomic mass is 32.2. The number of non-ortho nitro benzene ring substituents is 1. The SMILES string of the molecule is COc1ccc(NC(=O)c2cc([N+](=O)[O-])cc(S(C)(=O)=O)c2)cc1S(=O)(=O)N1CCOCC1. The van der Waals surface area contributed by atoms with Crippen molar-refractivity contribution in [2.45, 2.75) is 9.79 Å². The maximum absolute atomic E-state index is 13.1. The lowest BCUT2D eigenvalue weighted by atomic mass is 10.2. The highest BCUT2D eigenvalue weighted by Gasteiger charge is 2.30. The summed E-state index contributed by atoms with van der Waals surface area (Å²) in [4.78, 5) is 22.5. The molecule has 1 heterocycles. The van der Waals surface area contributed by atoms with Gasteiger partial charge in [0.25, 0.3) is 11.6 Å². The number of nitro benzene ring substituents is 1. The van der Waals surface area contributed by atoms with Crippen molar-refractivity contribution < 1.29 is 36.0 Å². The summed E-state index contributed by atoms with van der Waals surface area (Å²) in [7, 11) is -6.49. The van der Waals surface area contributed by atoms with Crippen molar-refractivity contribution in [3.05, 3.63) is 52.1 Å². The van der Waals surface area contributed by atoms with Crippen molar-refractivity contribution in [1.29, 1.82) is 0 Å². The van der Waals surface area contributed by atoms with Crippen molar-refractivity contribution in [2.24, 2.45) is 0 Å². The van der Waals surface area contributed by atoms with E-state index in [0.29, 0.717) is 0 Å². The van der Waals surface area contributed by atoms with Crippen LogP contribution in [0.4, 0.5) is 11.4 Å². The predicted molar refractivity (Wildman–Crippen MR) is 117 cm³/mol. The van der Waals surface area contributed by atoms with Crippen LogP contribution in [0.25, 0.3) is 0 Å². The van der Waals surface area contributed by atoms with Gasteiger partial charge in [-0.1, -0.05) is 0 Å². The van der Waals surface area contributed by atoms with Crippen LogP contribution in [0.5, 0.6) is 5.75 Å². The largest absolute Gasteiger partial charge is 0.495 e. The molecule has 33 heavy (non-hydrogen) atoms. The molecule has 1 amide bonds. The number of ether oxygens (including phenoxy) is 2. The first-order chi connectivity index (χ1) is 15.4. The number of rotatable bonds is 7. The second-order valence-electron chi connectivity index (χ2n) is 7.08. The lowest BCUT2D eigenvalue weighted by molar-refractivity contribution is -0.385. The van der Waals surface area contributed by atoms with Gasteiger partial charge in [0, 0.05) is 42.7 Å². The van der Waals surface area contributed by atoms with Gasteiger partial charge < -0.3 is 14.8 Å². The smallest absolute Gasteiger partial charge is 0.271 e. The Balaban J connectivity index is 1.97. The number of nitrogens with one attached hydrogen (secondary N) is 1. The molecule has 0 spiro atoms. The summed E-state index contributed by atoms with van der Waals surface area (Å²) in [6.07, 6.45) is 0.861. The number of carbonyl (C=O) groups is 1. The molecule has 12 nitrogen and oxygen atoms in total. The zero-order valence-electron chi connectivity index (χ0n) is 17.7. The van der Waals surface area contributed by atoms with E-state index in [4.69, 9.17) is 9.47 Å². The minimum atomic E-state index is -3.96. The third kappa shape index (κ3) is 5.47. The number of benzene rings is 2. The fourth-order valence-electron chi connectivity index (χ4n) is 3.12. The van der Waals surface area contributed by atoms with E-state index in [-0.39, 0.29) is 48.2 Å². The van der Waals surface area contributed by atoms with E-state index in [9.17, 15) is 31.7 Å². The van der Waals surface area contributed by atoms with Crippen LogP contribution < -0.4 is 10.1 Å². The van der Waals surface area contributed by atoms with Gasteiger partial charge in [-0.25, -0.2) is 16.8 Å². The number of nitro groups is 1. The molecule has 0 aliphatic carbocycles. The molecule has 14 heteroatoms. The summed E-state index contributed by atoms with van der Waals surface area (Å²) in [5.74, 6) is -0.794. The van der Waals surface area contributed by atoms with Crippen molar-refractivity contribution in [2.75, 3.05) is 45.0 Å². The minimum absolute atomic E-state index is 0.0641. The van der Waals surface area contributed by atoms with Crippen LogP contribution in [-0.2, 0) is 24.6 Å². The Morgan fingerprint density at radius 1 is 1.12 bits per heavy atom. The summed E-state index contributed by atoms with van der Waals surface area (Å²) in [6, 6.07) is 6.75. The Labute approximate surface area is 190 Å². The van der Waals surface area contributed by atoms with Gasteiger partial charge in [0.1, 0.15) is 10.6 Å². The zero-order valence-corrected chi connectivity index (χ0v) is 19.3. The lowest BCUT2D eigenvalue weighted by Crippen LogP contribution is -2.40. The topological polar surface area (TPSA) is 162 Å². The van der Waals surface area contributed by atoms with Crippen molar-refractivity contribution in [3.8, 4) is 5.75 Å². The highest BCUT2D eigenvalue weighted by molar-refractivity contribution is 7.90. The number of methoxy groups -OCH3 is 1. The number of sulfone groups is 1. The molecule has 1 saturated heterocycles. The van der Waals surface area contributed by atoms with Gasteiger partial charge in [-0.3, -0.25) is 14.9 Å². The average Bonchev–Trinajstić information content (AvgIpc) is 2.78. The van der Waals surface area contributed by atoms with Crippen LogP contribution in [0.1, 0.15) is 10.4 Å². The Kier molecular flexibility index (Phi) is 7.02. The van der Waals surface area contributed by atoms with E-state index in [1.807, 2.05) is 0 Å². The molecule has 1 fully saturated rings. The molecule has 1 aliphatic heterocycles. The van der Waals surface area contributed by atoms with Gasteiger partial charge in [-0.05, 0) is 24.3 Å². The molecule has 3 rings (SSSR count). The van der Waals surface area contributed by atoms with Crippen LogP contribution in [-0.4, -0.2) is 71.6 Å². The Morgan fingerprint density at radius 2 is 1.79 bits per heavy atom. The van der Waals surface area contributed by atoms with E-state index in [2.05, 4.69) is 5.32 Å². The number of nitrogens with zero attached hydrogens (tertiary/aromatic N) is 2. The molecule has 0 aromatic heterocycles. The molecule has 2 aromatic carbocycles. The normalized spacial score (nSPS) is 15.1. The van der Waals surface area contributed by atoms with Gasteiger partial charge in [-0.2, -0.15) is 4.31 Å². The van der Waals surface area contributed by atoms with Gasteiger partial charge in [0.05, 0.1) is 30.1 Å². The summed E-state index contributed by atoms with van der Waals surface area (Å²) in [5, 5.41) is 13.6. The number of carbonyl (C=O) groups excluding carboxylic acids is 1. The third-order valence-corrected chi connectivity index (χ3v) is 7.81. The van der Waals surface area contributed by atoms with E-state index in [0.717, 1.165) is 24.5 Å². The Hall–Kier alpha value is -3.07. The van der Waals surface area contributed by atoms with Crippen LogP contribution in [0, 0.1) is 10.1 Å². The number of morpholine rings is 1. The maximum Gasteiger partial charge on any atom is 0.271 e. The number of sulfonamides is 1. The molecule has 2 aromatic rings. The molecular formula is C19H21N3O9S2. The van der Waals surface area contributed by atoms with Gasteiger partial charge in [0.15, 0.2) is 9.84 Å². The highest BCUT2D eigenvalue weighted by Crippen LogP contribution is 2.30. The molecule has 1 N–H and O–H groups in total. The fraction of sp³-hybridized carbons (Fsp3) is 0.316. The third-order valence-electron chi connectivity index (χ3n) is 4.80. The maximum atomic E-state index is 13.1. The number of anilines is 1. The quantitative estimate of drug-likeness (QED) is 0.437. The molecule has 0 unspecified atom stereocenters. The Morgan fingerprint density at radius 3 is 2.36 bits per heavy atom. The number of amides is 1. The summed E-state index contributed by atoms with van der Waals surface area (Å²) in [5.41, 5.74) is -0.786. The first kappa shape index (κ1) is 24.6. The second-order valence-corrected chi connectivity index (χ2v) is 11.0. The summed E-state index contributed by atoms with van der Waals surface area (Å²) < 4.78 is 61.5. The summed E-state index contributed by atoms with van der Waals surface area (Å²) in [6.45, 7) is 0.801. The lowest BCUT2D eigenvalue weighted by Gasteiger charge is -2.26. The molecular weight excluding hydrogens is 478 g/mol. The van der Waals surface area contributed by atoms with E-state index in [1.165, 1.54) is 29.6 Å². The number of hydrogen-bond acceptors (Lipinski definition) is 9. The Bertz CT molecular complexity index is 1300. The average molecular weight is 500 g/mol. The first-order valence-corrected chi connectivity index (χ1v) is 12.8. The van der Waals surface area contributed by atoms with Gasteiger partial charge in [0.2, 0.25) is 10.0 Å². The fourth-order valence-corrected chi connectivity index (χ4v) is 5.38. The zero-order chi connectivity index (χ0) is 24.4. The van der Waals surface area contributed by atoms with Crippen LogP contribution in [0.3, 0.4) is 0 Å². The van der Waals surface area contributed by atoms with Gasteiger partial charge in [-0.15, -0.1) is 0 Å². The van der Waals surface area contributed by atoms with E-state index in [1.54, 1.807) is 0 Å². The molecule has 1 aliphatic rings. The van der Waals surface area contributed by atoms with Crippen LogP contribution >= 0.6 is 0 Å². The molecule has 0 bridgehead atoms. The first-order valence-electron chi connectivity index (χ1n) is 9.50. The van der Waals surface area contributed by atoms with Crippen LogP contribution in [0.15, 0.2) is 46.2 Å². The second kappa shape index (κ2) is 9.43. The molecule has 0 radical (unpaired) electrons. The van der Waals surface area contributed by atoms with Crippen molar-refractivity contribution in [1.82, 2.24) is 4.31 Å². The molecule has 0 saturated carbocycles. The van der Waals surface area contributed by atoms with Crippen molar-refractivity contribution >= 4 is 37.1 Å². The van der Waals surface area contributed by atoms with E-state index >= 15 is 0 Å². The molecule has 178 valence electrons. The van der Waals surface area contributed by atoms with Crippen LogP contribution in [0.2, 0.25) is 0 Å². The van der Waals surface area contributed by atoms with E-state index < -0.39 is 41.3 Å². The molecule has 0 atom stereocenters. The minimum Gasteiger partial charge on any atom is -0.495 e. The van der Waals surface area contributed by atoms with Crippen molar-refractivity contribution in [3.63, 3.8) is 0 Å². The monoisotopic (exact) mass is 499 g/mol. The van der Waals surface area contributed by atoms with Gasteiger partial charge >= 0.3 is 0 Å².